The fourth-order valence-corrected chi connectivity index (χ4v) is 3.52. The number of thiol groups is 1. The molecule has 9 nitrogen and oxygen atoms in total. The number of carboxylic acid groups (broad SMARTS) is 1. The summed E-state index contributed by atoms with van der Waals surface area (Å²) in [5, 5.41) is 23.4. The second-order valence-corrected chi connectivity index (χ2v) is 7.60. The molecule has 1 heterocycles. The van der Waals surface area contributed by atoms with Crippen LogP contribution >= 0.6 is 12.6 Å². The quantitative estimate of drug-likeness (QED) is 0.276. The summed E-state index contributed by atoms with van der Waals surface area (Å²) in [5.74, 6) is -2.07. The van der Waals surface area contributed by atoms with Gasteiger partial charge in [-0.2, -0.15) is 12.6 Å². The van der Waals surface area contributed by atoms with Crippen molar-refractivity contribution >= 4 is 30.4 Å². The number of nitrogens with zero attached hydrogens (tertiary/aromatic N) is 2. The fourth-order valence-electron chi connectivity index (χ4n) is 3.27. The van der Waals surface area contributed by atoms with E-state index in [1.54, 1.807) is 0 Å². The zero-order chi connectivity index (χ0) is 21.9. The van der Waals surface area contributed by atoms with Gasteiger partial charge in [0.05, 0.1) is 13.2 Å². The minimum Gasteiger partial charge on any atom is -0.480 e. The van der Waals surface area contributed by atoms with Crippen molar-refractivity contribution in [2.45, 2.75) is 18.5 Å². The summed E-state index contributed by atoms with van der Waals surface area (Å²) in [7, 11) is 0. The number of benzene rings is 1. The Morgan fingerprint density at radius 1 is 1.00 bits per heavy atom. The topological polar surface area (TPSA) is 122 Å². The van der Waals surface area contributed by atoms with Gasteiger partial charge in [-0.1, -0.05) is 30.3 Å². The van der Waals surface area contributed by atoms with Gasteiger partial charge in [-0.15, -0.1) is 0 Å². The Kier molecular flexibility index (Phi) is 10.1. The summed E-state index contributed by atoms with van der Waals surface area (Å²) in [6, 6.07) is 7.21. The SMILES string of the molecule is O=C(CN1CCN(CCO)CC1)N[C@@H](Cc1ccccc1)C(=O)N[C@H](CS)C(=O)O. The van der Waals surface area contributed by atoms with E-state index in [1.807, 2.05) is 35.2 Å². The van der Waals surface area contributed by atoms with Gasteiger partial charge >= 0.3 is 5.97 Å². The van der Waals surface area contributed by atoms with Gasteiger partial charge in [0.25, 0.3) is 0 Å². The molecule has 4 N–H and O–H groups in total. The normalized spacial score (nSPS) is 17.1. The molecule has 2 atom stereocenters. The predicted octanol–water partition coefficient (Wildman–Crippen LogP) is -1.18. The van der Waals surface area contributed by atoms with Crippen molar-refractivity contribution in [3.05, 3.63) is 35.9 Å². The van der Waals surface area contributed by atoms with Crippen LogP contribution in [0.2, 0.25) is 0 Å². The van der Waals surface area contributed by atoms with E-state index in [0.717, 1.165) is 18.7 Å². The Bertz CT molecular complexity index is 698. The number of carbonyl (C=O) groups excluding carboxylic acids is 2. The third-order valence-electron chi connectivity index (χ3n) is 4.98. The molecule has 1 saturated heterocycles. The number of amides is 2. The van der Waals surface area contributed by atoms with Crippen LogP contribution in [-0.2, 0) is 20.8 Å². The van der Waals surface area contributed by atoms with Crippen LogP contribution in [0.5, 0.6) is 0 Å². The largest absolute Gasteiger partial charge is 0.480 e. The highest BCUT2D eigenvalue weighted by Gasteiger charge is 2.27. The van der Waals surface area contributed by atoms with Crippen LogP contribution in [0.4, 0.5) is 0 Å². The number of piperazine rings is 1. The van der Waals surface area contributed by atoms with Gasteiger partial charge in [-0.25, -0.2) is 4.79 Å². The number of nitrogens with one attached hydrogen (secondary N) is 2. The van der Waals surface area contributed by atoms with Gasteiger partial charge in [0, 0.05) is 44.9 Å². The Balaban J connectivity index is 1.97. The second kappa shape index (κ2) is 12.5. The van der Waals surface area contributed by atoms with E-state index in [9.17, 15) is 19.5 Å². The molecule has 0 aliphatic carbocycles. The third kappa shape index (κ3) is 7.94. The molecule has 1 fully saturated rings. The molecular weight excluding hydrogens is 408 g/mol. The molecule has 2 rings (SSSR count). The Hall–Kier alpha value is -2.14. The van der Waals surface area contributed by atoms with Crippen LogP contribution < -0.4 is 10.6 Å². The van der Waals surface area contributed by atoms with Crippen molar-refractivity contribution < 1.29 is 24.6 Å². The number of hydrogen-bond donors (Lipinski definition) is 5. The fraction of sp³-hybridized carbons (Fsp3) is 0.550. The molecule has 30 heavy (non-hydrogen) atoms. The van der Waals surface area contributed by atoms with E-state index in [2.05, 4.69) is 28.2 Å². The van der Waals surface area contributed by atoms with Crippen molar-refractivity contribution in [2.24, 2.45) is 0 Å². The summed E-state index contributed by atoms with van der Waals surface area (Å²) in [6.45, 7) is 3.82. The lowest BCUT2D eigenvalue weighted by Gasteiger charge is -2.34. The molecule has 1 aliphatic heterocycles. The van der Waals surface area contributed by atoms with E-state index in [0.29, 0.717) is 19.6 Å². The molecule has 0 spiro atoms. The van der Waals surface area contributed by atoms with E-state index in [1.165, 1.54) is 0 Å². The second-order valence-electron chi connectivity index (χ2n) is 7.23. The van der Waals surface area contributed by atoms with E-state index in [4.69, 9.17) is 5.11 Å². The van der Waals surface area contributed by atoms with Gasteiger partial charge in [0.2, 0.25) is 11.8 Å². The van der Waals surface area contributed by atoms with Gasteiger partial charge in [0.1, 0.15) is 12.1 Å². The summed E-state index contributed by atoms with van der Waals surface area (Å²) in [4.78, 5) is 40.6. The monoisotopic (exact) mass is 438 g/mol. The first-order valence-corrected chi connectivity index (χ1v) is 10.6. The zero-order valence-electron chi connectivity index (χ0n) is 16.9. The van der Waals surface area contributed by atoms with Crippen LogP contribution in [-0.4, -0.2) is 102 Å². The maximum absolute atomic E-state index is 12.7. The lowest BCUT2D eigenvalue weighted by Crippen LogP contribution is -2.55. The molecule has 0 unspecified atom stereocenters. The van der Waals surface area contributed by atoms with Crippen molar-refractivity contribution in [3.8, 4) is 0 Å². The van der Waals surface area contributed by atoms with Crippen LogP contribution in [0.15, 0.2) is 30.3 Å². The maximum atomic E-state index is 12.7. The smallest absolute Gasteiger partial charge is 0.327 e. The first-order chi connectivity index (χ1) is 14.4. The van der Waals surface area contributed by atoms with E-state index < -0.39 is 24.0 Å². The number of hydrogen-bond acceptors (Lipinski definition) is 7. The summed E-state index contributed by atoms with van der Waals surface area (Å²) >= 11 is 3.97. The lowest BCUT2D eigenvalue weighted by molar-refractivity contribution is -0.141. The first-order valence-electron chi connectivity index (χ1n) is 9.95. The number of aliphatic carboxylic acids is 1. The highest BCUT2D eigenvalue weighted by atomic mass is 32.1. The van der Waals surface area contributed by atoms with Crippen molar-refractivity contribution in [1.82, 2.24) is 20.4 Å². The van der Waals surface area contributed by atoms with Crippen LogP contribution in [0, 0.1) is 0 Å². The molecule has 0 bridgehead atoms. The van der Waals surface area contributed by atoms with Crippen molar-refractivity contribution in [3.63, 3.8) is 0 Å². The average molecular weight is 439 g/mol. The Morgan fingerprint density at radius 3 is 2.20 bits per heavy atom. The summed E-state index contributed by atoms with van der Waals surface area (Å²) in [6.07, 6.45) is 0.252. The molecule has 1 aliphatic rings. The Labute approximate surface area is 181 Å². The van der Waals surface area contributed by atoms with Crippen LogP contribution in [0.25, 0.3) is 0 Å². The maximum Gasteiger partial charge on any atom is 0.327 e. The number of aliphatic hydroxyl groups is 1. The number of aliphatic hydroxyl groups excluding tert-OH is 1. The number of carbonyl (C=O) groups is 3. The summed E-state index contributed by atoms with van der Waals surface area (Å²) in [5.41, 5.74) is 0.855. The standard InChI is InChI=1S/C20H30N4O5S/c25-11-10-23-6-8-24(9-7-23)13-18(26)21-16(12-15-4-2-1-3-5-15)19(27)22-17(14-30)20(28)29/h1-5,16-17,25,30H,6-14H2,(H,21,26)(H,22,27)(H,28,29)/t16-,17+/m0/s1. The molecule has 0 aromatic heterocycles. The average Bonchev–Trinajstić information content (AvgIpc) is 2.73. The first kappa shape index (κ1) is 24.1. The number of β-amino-alcohol motifs (C(OH)–C–C–N with tert-alkyl or cyclic N) is 1. The lowest BCUT2D eigenvalue weighted by atomic mass is 10.0. The molecule has 1 aromatic carbocycles. The van der Waals surface area contributed by atoms with Crippen LogP contribution in [0.1, 0.15) is 5.56 Å². The van der Waals surface area contributed by atoms with E-state index >= 15 is 0 Å². The Morgan fingerprint density at radius 2 is 1.63 bits per heavy atom. The minimum atomic E-state index is -1.18. The molecule has 0 radical (unpaired) electrons. The highest BCUT2D eigenvalue weighted by Crippen LogP contribution is 2.06. The molecule has 1 aromatic rings. The molecule has 2 amide bonds. The summed E-state index contributed by atoms with van der Waals surface area (Å²) < 4.78 is 0. The van der Waals surface area contributed by atoms with Gasteiger partial charge in [0.15, 0.2) is 0 Å². The highest BCUT2D eigenvalue weighted by molar-refractivity contribution is 7.80. The number of rotatable bonds is 11. The third-order valence-corrected chi connectivity index (χ3v) is 5.35. The molecule has 10 heteroatoms. The van der Waals surface area contributed by atoms with Crippen molar-refractivity contribution in [1.29, 1.82) is 0 Å². The zero-order valence-corrected chi connectivity index (χ0v) is 17.8. The molecule has 166 valence electrons. The molecular formula is C20H30N4O5S. The van der Waals surface area contributed by atoms with Gasteiger partial charge < -0.3 is 20.8 Å². The van der Waals surface area contributed by atoms with Gasteiger partial charge in [-0.3, -0.25) is 19.4 Å². The van der Waals surface area contributed by atoms with E-state index in [-0.39, 0.29) is 31.2 Å². The van der Waals surface area contributed by atoms with Gasteiger partial charge in [-0.05, 0) is 5.56 Å². The molecule has 0 saturated carbocycles. The predicted molar refractivity (Wildman–Crippen MR) is 115 cm³/mol. The minimum absolute atomic E-state index is 0.0504. The van der Waals surface area contributed by atoms with Crippen molar-refractivity contribution in [2.75, 3.05) is 51.6 Å². The number of carboxylic acids is 1. The van der Waals surface area contributed by atoms with Crippen LogP contribution in [0.3, 0.4) is 0 Å².